The van der Waals surface area contributed by atoms with Gasteiger partial charge in [-0.1, -0.05) is 32.0 Å². The molecule has 1 saturated heterocycles. The number of benzene rings is 1. The summed E-state index contributed by atoms with van der Waals surface area (Å²) in [5.41, 5.74) is 0.987. The predicted octanol–water partition coefficient (Wildman–Crippen LogP) is 2.14. The number of para-hydroxylation sites is 1. The van der Waals surface area contributed by atoms with Crippen LogP contribution in [0.25, 0.3) is 0 Å². The van der Waals surface area contributed by atoms with E-state index in [4.69, 9.17) is 9.47 Å². The van der Waals surface area contributed by atoms with Crippen molar-refractivity contribution in [2.24, 2.45) is 5.92 Å². The molecule has 0 aliphatic carbocycles. The van der Waals surface area contributed by atoms with E-state index >= 15 is 0 Å². The van der Waals surface area contributed by atoms with Crippen LogP contribution in [0.4, 0.5) is 0 Å². The third kappa shape index (κ3) is 6.01. The molecule has 1 aliphatic rings. The fourth-order valence-electron chi connectivity index (χ4n) is 2.37. The van der Waals surface area contributed by atoms with Crippen LogP contribution in [0.1, 0.15) is 26.3 Å². The second-order valence-corrected chi connectivity index (χ2v) is 6.04. The molecular weight excluding hydrogens is 316 g/mol. The van der Waals surface area contributed by atoms with Gasteiger partial charge in [-0.25, -0.2) is 0 Å². The van der Waals surface area contributed by atoms with Crippen LogP contribution in [0.2, 0.25) is 0 Å². The van der Waals surface area contributed by atoms with E-state index in [9.17, 15) is 4.79 Å². The van der Waals surface area contributed by atoms with E-state index in [2.05, 4.69) is 24.5 Å². The van der Waals surface area contributed by atoms with Crippen LogP contribution in [-0.2, 0) is 16.1 Å². The van der Waals surface area contributed by atoms with Gasteiger partial charge in [0.05, 0.1) is 19.3 Å². The van der Waals surface area contributed by atoms with E-state index in [0.717, 1.165) is 11.3 Å². The predicted molar refractivity (Wildman–Crippen MR) is 93.1 cm³/mol. The Balaban J connectivity index is 0.00000264. The highest BCUT2D eigenvalue weighted by Crippen LogP contribution is 2.18. The molecule has 6 heteroatoms. The third-order valence-electron chi connectivity index (χ3n) is 3.60. The molecule has 1 amide bonds. The zero-order chi connectivity index (χ0) is 15.9. The van der Waals surface area contributed by atoms with E-state index in [1.54, 1.807) is 0 Å². The van der Waals surface area contributed by atoms with Crippen molar-refractivity contribution in [3.8, 4) is 5.75 Å². The van der Waals surface area contributed by atoms with Gasteiger partial charge in [0.2, 0.25) is 5.91 Å². The summed E-state index contributed by atoms with van der Waals surface area (Å²) >= 11 is 0. The Morgan fingerprint density at radius 2 is 2.17 bits per heavy atom. The van der Waals surface area contributed by atoms with Crippen molar-refractivity contribution in [2.45, 2.75) is 39.5 Å². The molecule has 1 aromatic rings. The van der Waals surface area contributed by atoms with Crippen molar-refractivity contribution in [1.29, 1.82) is 0 Å². The molecule has 0 radical (unpaired) electrons. The van der Waals surface area contributed by atoms with Gasteiger partial charge in [-0.05, 0) is 18.9 Å². The number of halogens is 1. The first-order chi connectivity index (χ1) is 10.6. The Labute approximate surface area is 144 Å². The summed E-state index contributed by atoms with van der Waals surface area (Å²) in [5.74, 6) is 1.26. The molecule has 130 valence electrons. The zero-order valence-electron chi connectivity index (χ0n) is 14.0. The maximum Gasteiger partial charge on any atom is 0.240 e. The summed E-state index contributed by atoms with van der Waals surface area (Å²) in [7, 11) is 0. The van der Waals surface area contributed by atoms with E-state index in [0.29, 0.717) is 32.2 Å². The molecule has 1 heterocycles. The Morgan fingerprint density at radius 1 is 1.43 bits per heavy atom. The molecule has 2 atom stereocenters. The largest absolute Gasteiger partial charge is 0.493 e. The highest BCUT2D eigenvalue weighted by molar-refractivity contribution is 5.85. The van der Waals surface area contributed by atoms with Crippen LogP contribution >= 0.6 is 12.4 Å². The molecular formula is C17H27ClN2O3. The number of morpholine rings is 1. The van der Waals surface area contributed by atoms with Crippen LogP contribution < -0.4 is 15.4 Å². The lowest BCUT2D eigenvalue weighted by Crippen LogP contribution is -2.55. The van der Waals surface area contributed by atoms with Crippen LogP contribution in [0, 0.1) is 5.92 Å². The number of amides is 1. The van der Waals surface area contributed by atoms with Crippen molar-refractivity contribution < 1.29 is 14.3 Å². The number of carbonyl (C=O) groups is 1. The summed E-state index contributed by atoms with van der Waals surface area (Å²) in [6.45, 7) is 8.61. The maximum atomic E-state index is 12.3. The number of carbonyl (C=O) groups excluding carboxylic acids is 1. The second-order valence-electron chi connectivity index (χ2n) is 6.04. The molecule has 1 aromatic carbocycles. The number of hydrogen-bond acceptors (Lipinski definition) is 4. The minimum atomic E-state index is -0.294. The van der Waals surface area contributed by atoms with Gasteiger partial charge in [0.25, 0.3) is 0 Å². The highest BCUT2D eigenvalue weighted by atomic mass is 35.5. The SMILES string of the molecule is CC(C)COc1ccccc1CNC(=O)[C@H]1NCCO[C@@H]1C.Cl. The first kappa shape index (κ1) is 19.7. The fourth-order valence-corrected chi connectivity index (χ4v) is 2.37. The third-order valence-corrected chi connectivity index (χ3v) is 3.60. The van der Waals surface area contributed by atoms with Crippen LogP contribution in [0.15, 0.2) is 24.3 Å². The Bertz CT molecular complexity index is 496. The van der Waals surface area contributed by atoms with Gasteiger partial charge in [0, 0.05) is 18.7 Å². The standard InChI is InChI=1S/C17H26N2O3.ClH/c1-12(2)11-22-15-7-5-4-6-14(15)10-19-17(20)16-13(3)21-9-8-18-16;/h4-7,12-13,16,18H,8-11H2,1-3H3,(H,19,20);1H/t13-,16+;/m1./s1. The molecule has 0 unspecified atom stereocenters. The lowest BCUT2D eigenvalue weighted by atomic mass is 10.1. The Morgan fingerprint density at radius 3 is 2.87 bits per heavy atom. The lowest BCUT2D eigenvalue weighted by Gasteiger charge is -2.29. The van der Waals surface area contributed by atoms with E-state index < -0.39 is 0 Å². The molecule has 0 bridgehead atoms. The van der Waals surface area contributed by atoms with Gasteiger partial charge < -0.3 is 20.1 Å². The quantitative estimate of drug-likeness (QED) is 0.831. The fraction of sp³-hybridized carbons (Fsp3) is 0.588. The van der Waals surface area contributed by atoms with Crippen molar-refractivity contribution in [1.82, 2.24) is 10.6 Å². The van der Waals surface area contributed by atoms with Crippen molar-refractivity contribution in [2.75, 3.05) is 19.8 Å². The number of hydrogen-bond donors (Lipinski definition) is 2. The second kappa shape index (κ2) is 9.75. The number of nitrogens with one attached hydrogen (secondary N) is 2. The molecule has 0 saturated carbocycles. The number of rotatable bonds is 6. The van der Waals surface area contributed by atoms with Crippen molar-refractivity contribution in [3.63, 3.8) is 0 Å². The Hall–Kier alpha value is -1.30. The van der Waals surface area contributed by atoms with Crippen LogP contribution in [0.5, 0.6) is 5.75 Å². The topological polar surface area (TPSA) is 59.6 Å². The summed E-state index contributed by atoms with van der Waals surface area (Å²) in [6.07, 6.45) is -0.110. The van der Waals surface area contributed by atoms with E-state index in [-0.39, 0.29) is 30.5 Å². The van der Waals surface area contributed by atoms with Crippen molar-refractivity contribution >= 4 is 18.3 Å². The number of ether oxygens (including phenoxy) is 2. The van der Waals surface area contributed by atoms with E-state index in [1.807, 2.05) is 31.2 Å². The average Bonchev–Trinajstić information content (AvgIpc) is 2.51. The van der Waals surface area contributed by atoms with Crippen molar-refractivity contribution in [3.05, 3.63) is 29.8 Å². The molecule has 1 aliphatic heterocycles. The van der Waals surface area contributed by atoms with Gasteiger partial charge in [0.1, 0.15) is 11.8 Å². The summed E-state index contributed by atoms with van der Waals surface area (Å²) in [6, 6.07) is 7.52. The average molecular weight is 343 g/mol. The summed E-state index contributed by atoms with van der Waals surface area (Å²) < 4.78 is 11.3. The van der Waals surface area contributed by atoms with Gasteiger partial charge >= 0.3 is 0 Å². The highest BCUT2D eigenvalue weighted by Gasteiger charge is 2.28. The minimum Gasteiger partial charge on any atom is -0.493 e. The van der Waals surface area contributed by atoms with Gasteiger partial charge in [0.15, 0.2) is 0 Å². The lowest BCUT2D eigenvalue weighted by molar-refractivity contribution is -0.129. The molecule has 23 heavy (non-hydrogen) atoms. The van der Waals surface area contributed by atoms with Crippen LogP contribution in [0.3, 0.4) is 0 Å². The maximum absolute atomic E-state index is 12.3. The minimum absolute atomic E-state index is 0. The van der Waals surface area contributed by atoms with Gasteiger partial charge in [-0.3, -0.25) is 4.79 Å². The normalized spacial score (nSPS) is 20.7. The van der Waals surface area contributed by atoms with Crippen LogP contribution in [-0.4, -0.2) is 37.8 Å². The molecule has 2 N–H and O–H groups in total. The monoisotopic (exact) mass is 342 g/mol. The first-order valence-electron chi connectivity index (χ1n) is 7.91. The Kier molecular flexibility index (Phi) is 8.37. The molecule has 0 spiro atoms. The smallest absolute Gasteiger partial charge is 0.240 e. The molecule has 1 fully saturated rings. The molecule has 0 aromatic heterocycles. The molecule has 5 nitrogen and oxygen atoms in total. The summed E-state index contributed by atoms with van der Waals surface area (Å²) in [5, 5.41) is 6.16. The van der Waals surface area contributed by atoms with Gasteiger partial charge in [-0.2, -0.15) is 0 Å². The molecule has 2 rings (SSSR count). The summed E-state index contributed by atoms with van der Waals surface area (Å²) in [4.78, 5) is 12.3. The zero-order valence-corrected chi connectivity index (χ0v) is 14.8. The first-order valence-corrected chi connectivity index (χ1v) is 7.91. The van der Waals surface area contributed by atoms with Gasteiger partial charge in [-0.15, -0.1) is 12.4 Å². The van der Waals surface area contributed by atoms with E-state index in [1.165, 1.54) is 0 Å².